The highest BCUT2D eigenvalue weighted by Gasteiger charge is 2.16. The molecule has 0 amide bonds. The van der Waals surface area contributed by atoms with E-state index in [2.05, 4.69) is 10.2 Å². The van der Waals surface area contributed by atoms with Crippen molar-refractivity contribution in [2.24, 2.45) is 5.73 Å². The molecule has 0 radical (unpaired) electrons. The topological polar surface area (TPSA) is 92.0 Å². The number of nitrogens with zero attached hydrogens (tertiary/aromatic N) is 1. The van der Waals surface area contributed by atoms with E-state index in [1.165, 1.54) is 0 Å². The molecular formula is C11H13N3O2. The minimum absolute atomic E-state index is 0.261. The molecule has 16 heavy (non-hydrogen) atoms. The van der Waals surface area contributed by atoms with E-state index in [-0.39, 0.29) is 6.42 Å². The monoisotopic (exact) mass is 219 g/mol. The molecule has 1 unspecified atom stereocenters. The van der Waals surface area contributed by atoms with Crippen LogP contribution in [-0.2, 0) is 11.2 Å². The highest BCUT2D eigenvalue weighted by molar-refractivity contribution is 5.85. The number of carboxylic acid groups (broad SMARTS) is 1. The Balaban J connectivity index is 2.42. The molecule has 1 aromatic heterocycles. The van der Waals surface area contributed by atoms with Gasteiger partial charge in [0.1, 0.15) is 6.04 Å². The van der Waals surface area contributed by atoms with Crippen molar-refractivity contribution < 1.29 is 9.90 Å². The Morgan fingerprint density at radius 1 is 1.62 bits per heavy atom. The number of aromatic amines is 1. The number of carbonyl (C=O) groups is 1. The second-order valence-electron chi connectivity index (χ2n) is 3.82. The first-order chi connectivity index (χ1) is 7.59. The van der Waals surface area contributed by atoms with Gasteiger partial charge in [-0.15, -0.1) is 0 Å². The molecule has 0 spiro atoms. The SMILES string of the molecule is Cc1cccc2n[nH]c(CC(N)C(=O)O)c12. The predicted molar refractivity (Wildman–Crippen MR) is 60.1 cm³/mol. The van der Waals surface area contributed by atoms with Gasteiger partial charge in [-0.2, -0.15) is 5.10 Å². The molecule has 0 saturated heterocycles. The first kappa shape index (κ1) is 10.6. The molecule has 5 heteroatoms. The summed E-state index contributed by atoms with van der Waals surface area (Å²) in [6, 6.07) is 4.87. The van der Waals surface area contributed by atoms with Crippen LogP contribution >= 0.6 is 0 Å². The van der Waals surface area contributed by atoms with Crippen molar-refractivity contribution >= 4 is 16.9 Å². The average molecular weight is 219 g/mol. The van der Waals surface area contributed by atoms with Gasteiger partial charge in [0, 0.05) is 17.5 Å². The zero-order chi connectivity index (χ0) is 11.7. The largest absolute Gasteiger partial charge is 0.480 e. The minimum atomic E-state index is -1.00. The number of hydrogen-bond acceptors (Lipinski definition) is 3. The molecule has 2 rings (SSSR count). The number of carboxylic acids is 1. The van der Waals surface area contributed by atoms with Gasteiger partial charge in [0.05, 0.1) is 5.52 Å². The summed E-state index contributed by atoms with van der Waals surface area (Å²) in [5, 5.41) is 16.7. The Labute approximate surface area is 92.3 Å². The molecule has 4 N–H and O–H groups in total. The highest BCUT2D eigenvalue weighted by Crippen LogP contribution is 2.20. The van der Waals surface area contributed by atoms with Gasteiger partial charge in [0.2, 0.25) is 0 Å². The summed E-state index contributed by atoms with van der Waals surface area (Å²) in [5.74, 6) is -1.00. The van der Waals surface area contributed by atoms with E-state index in [1.807, 2.05) is 25.1 Å². The third kappa shape index (κ3) is 1.77. The van der Waals surface area contributed by atoms with E-state index in [0.717, 1.165) is 22.2 Å². The van der Waals surface area contributed by atoms with Crippen LogP contribution in [0.2, 0.25) is 0 Å². The van der Waals surface area contributed by atoms with Crippen molar-refractivity contribution in [3.8, 4) is 0 Å². The Bertz CT molecular complexity index is 533. The molecule has 1 aromatic carbocycles. The number of nitrogens with one attached hydrogen (secondary N) is 1. The van der Waals surface area contributed by atoms with Crippen molar-refractivity contribution in [3.63, 3.8) is 0 Å². The Hall–Kier alpha value is -1.88. The molecule has 0 bridgehead atoms. The van der Waals surface area contributed by atoms with Crippen molar-refractivity contribution in [3.05, 3.63) is 29.5 Å². The third-order valence-electron chi connectivity index (χ3n) is 2.61. The van der Waals surface area contributed by atoms with Crippen molar-refractivity contribution in [2.45, 2.75) is 19.4 Å². The summed E-state index contributed by atoms with van der Waals surface area (Å²) in [5.41, 5.74) is 8.19. The lowest BCUT2D eigenvalue weighted by molar-refractivity contribution is -0.138. The molecule has 0 aliphatic carbocycles. The van der Waals surface area contributed by atoms with Crippen molar-refractivity contribution in [1.82, 2.24) is 10.2 Å². The lowest BCUT2D eigenvalue weighted by Gasteiger charge is -2.05. The molecule has 1 atom stereocenters. The fourth-order valence-corrected chi connectivity index (χ4v) is 1.78. The van der Waals surface area contributed by atoms with E-state index in [1.54, 1.807) is 0 Å². The highest BCUT2D eigenvalue weighted by atomic mass is 16.4. The number of hydrogen-bond donors (Lipinski definition) is 3. The van der Waals surface area contributed by atoms with Crippen molar-refractivity contribution in [2.75, 3.05) is 0 Å². The van der Waals surface area contributed by atoms with Crippen LogP contribution in [0.25, 0.3) is 10.9 Å². The van der Waals surface area contributed by atoms with Crippen LogP contribution in [0.5, 0.6) is 0 Å². The van der Waals surface area contributed by atoms with Crippen LogP contribution in [0.1, 0.15) is 11.3 Å². The molecule has 0 aliphatic heterocycles. The summed E-state index contributed by atoms with van der Waals surface area (Å²) < 4.78 is 0. The first-order valence-electron chi connectivity index (χ1n) is 5.00. The Kier molecular flexibility index (Phi) is 2.62. The fourth-order valence-electron chi connectivity index (χ4n) is 1.78. The number of rotatable bonds is 3. The van der Waals surface area contributed by atoms with E-state index < -0.39 is 12.0 Å². The molecule has 2 aromatic rings. The van der Waals surface area contributed by atoms with Gasteiger partial charge in [0.25, 0.3) is 0 Å². The minimum Gasteiger partial charge on any atom is -0.480 e. The van der Waals surface area contributed by atoms with E-state index in [0.29, 0.717) is 0 Å². The van der Waals surface area contributed by atoms with E-state index in [4.69, 9.17) is 10.8 Å². The lowest BCUT2D eigenvalue weighted by Crippen LogP contribution is -2.32. The summed E-state index contributed by atoms with van der Waals surface area (Å²) in [6.45, 7) is 1.97. The molecule has 1 heterocycles. The van der Waals surface area contributed by atoms with Crippen LogP contribution in [0.3, 0.4) is 0 Å². The smallest absolute Gasteiger partial charge is 0.320 e. The third-order valence-corrected chi connectivity index (χ3v) is 2.61. The Morgan fingerprint density at radius 2 is 2.38 bits per heavy atom. The van der Waals surface area contributed by atoms with Gasteiger partial charge < -0.3 is 10.8 Å². The van der Waals surface area contributed by atoms with E-state index >= 15 is 0 Å². The normalized spacial score (nSPS) is 12.9. The molecule has 84 valence electrons. The maximum absolute atomic E-state index is 10.7. The predicted octanol–water partition coefficient (Wildman–Crippen LogP) is 0.826. The summed E-state index contributed by atoms with van der Waals surface area (Å²) in [7, 11) is 0. The maximum atomic E-state index is 10.7. The molecule has 0 fully saturated rings. The van der Waals surface area contributed by atoms with Crippen molar-refractivity contribution in [1.29, 1.82) is 0 Å². The van der Waals surface area contributed by atoms with Gasteiger partial charge in [-0.25, -0.2) is 0 Å². The van der Waals surface area contributed by atoms with Crippen LogP contribution in [-0.4, -0.2) is 27.3 Å². The summed E-state index contributed by atoms with van der Waals surface area (Å²) in [6.07, 6.45) is 0.261. The van der Waals surface area contributed by atoms with Gasteiger partial charge in [-0.1, -0.05) is 12.1 Å². The summed E-state index contributed by atoms with van der Waals surface area (Å²) in [4.78, 5) is 10.7. The molecule has 5 nitrogen and oxygen atoms in total. The second-order valence-corrected chi connectivity index (χ2v) is 3.82. The number of nitrogens with two attached hydrogens (primary N) is 1. The maximum Gasteiger partial charge on any atom is 0.320 e. The lowest BCUT2D eigenvalue weighted by atomic mass is 10.0. The standard InChI is InChI=1S/C11H13N3O2/c1-6-3-2-4-8-10(6)9(14-13-8)5-7(12)11(15)16/h2-4,7H,5,12H2,1H3,(H,13,14)(H,15,16). The average Bonchev–Trinajstić information content (AvgIpc) is 2.63. The zero-order valence-electron chi connectivity index (χ0n) is 8.90. The molecule has 0 aliphatic rings. The number of aryl methyl sites for hydroxylation is 1. The van der Waals surface area contributed by atoms with Crippen LogP contribution in [0, 0.1) is 6.92 Å². The Morgan fingerprint density at radius 3 is 3.06 bits per heavy atom. The fraction of sp³-hybridized carbons (Fsp3) is 0.273. The number of benzene rings is 1. The van der Waals surface area contributed by atoms with Gasteiger partial charge >= 0.3 is 5.97 Å². The number of aliphatic carboxylic acids is 1. The summed E-state index contributed by atoms with van der Waals surface area (Å²) >= 11 is 0. The zero-order valence-corrected chi connectivity index (χ0v) is 8.90. The quantitative estimate of drug-likeness (QED) is 0.712. The number of aromatic nitrogens is 2. The van der Waals surface area contributed by atoms with E-state index in [9.17, 15) is 4.79 Å². The van der Waals surface area contributed by atoms with Gasteiger partial charge in [-0.3, -0.25) is 9.89 Å². The number of H-pyrrole nitrogens is 1. The van der Waals surface area contributed by atoms with Crippen LogP contribution in [0.15, 0.2) is 18.2 Å². The van der Waals surface area contributed by atoms with Gasteiger partial charge in [0.15, 0.2) is 0 Å². The number of fused-ring (bicyclic) bond motifs is 1. The van der Waals surface area contributed by atoms with Gasteiger partial charge in [-0.05, 0) is 18.6 Å². The molecule has 0 saturated carbocycles. The van der Waals surface area contributed by atoms with Crippen LogP contribution < -0.4 is 5.73 Å². The van der Waals surface area contributed by atoms with Crippen LogP contribution in [0.4, 0.5) is 0 Å². The first-order valence-corrected chi connectivity index (χ1v) is 5.00. The second kappa shape index (κ2) is 3.94. The molecular weight excluding hydrogens is 206 g/mol.